The van der Waals surface area contributed by atoms with Crippen LogP contribution in [0.15, 0.2) is 18.2 Å². The summed E-state index contributed by atoms with van der Waals surface area (Å²) < 4.78 is 0. The van der Waals surface area contributed by atoms with E-state index in [1.54, 1.807) is 0 Å². The highest BCUT2D eigenvalue weighted by molar-refractivity contribution is 5.40. The number of nitrogens with two attached hydrogens (primary N) is 1. The van der Waals surface area contributed by atoms with Crippen LogP contribution in [0.25, 0.3) is 0 Å². The molecular formula is C15H24N2O. The van der Waals surface area contributed by atoms with Gasteiger partial charge in [-0.25, -0.2) is 0 Å². The highest BCUT2D eigenvalue weighted by Crippen LogP contribution is 2.36. The molecule has 1 unspecified atom stereocenters. The van der Waals surface area contributed by atoms with Crippen molar-refractivity contribution in [3.05, 3.63) is 34.9 Å². The third-order valence-corrected chi connectivity index (χ3v) is 3.89. The van der Waals surface area contributed by atoms with E-state index in [0.29, 0.717) is 12.6 Å². The Morgan fingerprint density at radius 1 is 1.44 bits per heavy atom. The monoisotopic (exact) mass is 248 g/mol. The van der Waals surface area contributed by atoms with Gasteiger partial charge in [-0.15, -0.1) is 0 Å². The van der Waals surface area contributed by atoms with Gasteiger partial charge in [-0.1, -0.05) is 32.0 Å². The van der Waals surface area contributed by atoms with Gasteiger partial charge in [-0.2, -0.15) is 0 Å². The Morgan fingerprint density at radius 3 is 2.78 bits per heavy atom. The predicted octanol–water partition coefficient (Wildman–Crippen LogP) is 1.83. The van der Waals surface area contributed by atoms with Crippen molar-refractivity contribution in [2.45, 2.75) is 33.4 Å². The Morgan fingerprint density at radius 2 is 2.17 bits per heavy atom. The SMILES string of the molecule is Cc1cccc2c1CN(CC(C)(C)CO)C2CN. The lowest BCUT2D eigenvalue weighted by Gasteiger charge is -2.32. The van der Waals surface area contributed by atoms with E-state index in [0.717, 1.165) is 13.1 Å². The molecule has 0 spiro atoms. The van der Waals surface area contributed by atoms with Crippen LogP contribution >= 0.6 is 0 Å². The molecule has 1 heterocycles. The smallest absolute Gasteiger partial charge is 0.0494 e. The number of hydrogen-bond donors (Lipinski definition) is 2. The number of aliphatic hydroxyl groups is 1. The number of rotatable bonds is 4. The summed E-state index contributed by atoms with van der Waals surface area (Å²) in [7, 11) is 0. The number of benzene rings is 1. The third kappa shape index (κ3) is 2.44. The first kappa shape index (κ1) is 13.5. The second-order valence-corrected chi connectivity index (χ2v) is 6.12. The summed E-state index contributed by atoms with van der Waals surface area (Å²) in [5.41, 5.74) is 9.99. The fourth-order valence-electron chi connectivity index (χ4n) is 2.81. The highest BCUT2D eigenvalue weighted by atomic mass is 16.3. The second-order valence-electron chi connectivity index (χ2n) is 6.12. The van der Waals surface area contributed by atoms with E-state index in [-0.39, 0.29) is 12.0 Å². The quantitative estimate of drug-likeness (QED) is 0.854. The number of aryl methyl sites for hydroxylation is 1. The van der Waals surface area contributed by atoms with Crippen molar-refractivity contribution >= 4 is 0 Å². The molecule has 3 nitrogen and oxygen atoms in total. The van der Waals surface area contributed by atoms with Crippen LogP contribution in [0.5, 0.6) is 0 Å². The Hall–Kier alpha value is -0.900. The van der Waals surface area contributed by atoms with Crippen molar-refractivity contribution < 1.29 is 5.11 Å². The Balaban J connectivity index is 2.25. The molecule has 100 valence electrons. The normalized spacial score (nSPS) is 20.2. The molecule has 0 saturated heterocycles. The van der Waals surface area contributed by atoms with Crippen LogP contribution in [0, 0.1) is 12.3 Å². The molecule has 2 rings (SSSR count). The number of aliphatic hydroxyl groups excluding tert-OH is 1. The van der Waals surface area contributed by atoms with Crippen molar-refractivity contribution in [1.29, 1.82) is 0 Å². The summed E-state index contributed by atoms with van der Waals surface area (Å²) in [5.74, 6) is 0. The molecule has 3 N–H and O–H groups in total. The fourth-order valence-corrected chi connectivity index (χ4v) is 2.81. The van der Waals surface area contributed by atoms with Crippen molar-refractivity contribution in [2.75, 3.05) is 19.7 Å². The number of nitrogens with zero attached hydrogens (tertiary/aromatic N) is 1. The van der Waals surface area contributed by atoms with Crippen LogP contribution < -0.4 is 5.73 Å². The minimum Gasteiger partial charge on any atom is -0.396 e. The lowest BCUT2D eigenvalue weighted by molar-refractivity contribution is 0.0845. The van der Waals surface area contributed by atoms with E-state index in [1.807, 2.05) is 0 Å². The van der Waals surface area contributed by atoms with Gasteiger partial charge in [0.2, 0.25) is 0 Å². The van der Waals surface area contributed by atoms with Gasteiger partial charge in [-0.05, 0) is 23.6 Å². The lowest BCUT2D eigenvalue weighted by atomic mass is 9.93. The van der Waals surface area contributed by atoms with E-state index in [2.05, 4.69) is 43.9 Å². The van der Waals surface area contributed by atoms with Crippen molar-refractivity contribution in [1.82, 2.24) is 4.90 Å². The summed E-state index contributed by atoms with van der Waals surface area (Å²) in [6.45, 7) is 9.01. The molecule has 18 heavy (non-hydrogen) atoms. The van der Waals surface area contributed by atoms with Crippen LogP contribution in [-0.4, -0.2) is 29.7 Å². The molecule has 3 heteroatoms. The first-order valence-electron chi connectivity index (χ1n) is 6.62. The maximum absolute atomic E-state index is 9.43. The van der Waals surface area contributed by atoms with E-state index in [1.165, 1.54) is 16.7 Å². The summed E-state index contributed by atoms with van der Waals surface area (Å²) in [4.78, 5) is 2.40. The molecule has 0 aromatic heterocycles. The molecule has 1 aromatic carbocycles. The average Bonchev–Trinajstić information content (AvgIpc) is 2.67. The van der Waals surface area contributed by atoms with Gasteiger partial charge >= 0.3 is 0 Å². The van der Waals surface area contributed by atoms with Crippen molar-refractivity contribution in [3.8, 4) is 0 Å². The van der Waals surface area contributed by atoms with Gasteiger partial charge in [-0.3, -0.25) is 4.90 Å². The number of fused-ring (bicyclic) bond motifs is 1. The number of hydrogen-bond acceptors (Lipinski definition) is 3. The molecule has 1 atom stereocenters. The Bertz CT molecular complexity index is 429. The minimum absolute atomic E-state index is 0.0800. The molecule has 0 aliphatic carbocycles. The predicted molar refractivity (Wildman–Crippen MR) is 74.3 cm³/mol. The maximum atomic E-state index is 9.43. The van der Waals surface area contributed by atoms with Gasteiger partial charge < -0.3 is 10.8 Å². The second kappa shape index (κ2) is 5.00. The van der Waals surface area contributed by atoms with Gasteiger partial charge in [0.05, 0.1) is 0 Å². The molecule has 0 saturated carbocycles. The molecule has 1 aromatic rings. The molecule has 0 amide bonds. The molecule has 0 bridgehead atoms. The van der Waals surface area contributed by atoms with Gasteiger partial charge in [0.15, 0.2) is 0 Å². The van der Waals surface area contributed by atoms with Gasteiger partial charge in [0, 0.05) is 37.7 Å². The largest absolute Gasteiger partial charge is 0.396 e. The van der Waals surface area contributed by atoms with E-state index in [4.69, 9.17) is 5.73 Å². The highest BCUT2D eigenvalue weighted by Gasteiger charge is 2.33. The minimum atomic E-state index is -0.0800. The molecule has 1 aliphatic heterocycles. The standard InChI is InChI=1S/C15H24N2O/c1-11-5-4-6-12-13(11)8-17(14(12)7-16)9-15(2,3)10-18/h4-6,14,18H,7-10,16H2,1-3H3. The topological polar surface area (TPSA) is 49.5 Å². The third-order valence-electron chi connectivity index (χ3n) is 3.89. The molecule has 1 aliphatic rings. The lowest BCUT2D eigenvalue weighted by Crippen LogP contribution is -2.37. The van der Waals surface area contributed by atoms with Crippen LogP contribution in [0.3, 0.4) is 0 Å². The Kier molecular flexibility index (Phi) is 3.76. The summed E-state index contributed by atoms with van der Waals surface area (Å²) >= 11 is 0. The first-order valence-corrected chi connectivity index (χ1v) is 6.62. The van der Waals surface area contributed by atoms with E-state index in [9.17, 15) is 5.11 Å². The summed E-state index contributed by atoms with van der Waals surface area (Å²) in [6, 6.07) is 6.75. The van der Waals surface area contributed by atoms with E-state index >= 15 is 0 Å². The summed E-state index contributed by atoms with van der Waals surface area (Å²) in [5, 5.41) is 9.43. The molecule has 0 fully saturated rings. The van der Waals surface area contributed by atoms with Crippen LogP contribution in [0.4, 0.5) is 0 Å². The Labute approximate surface area is 110 Å². The fraction of sp³-hybridized carbons (Fsp3) is 0.600. The zero-order chi connectivity index (χ0) is 13.3. The van der Waals surface area contributed by atoms with Crippen LogP contribution in [0.1, 0.15) is 36.6 Å². The van der Waals surface area contributed by atoms with Crippen molar-refractivity contribution in [2.24, 2.45) is 11.1 Å². The zero-order valence-electron chi connectivity index (χ0n) is 11.6. The average molecular weight is 248 g/mol. The summed E-state index contributed by atoms with van der Waals surface area (Å²) in [6.07, 6.45) is 0. The van der Waals surface area contributed by atoms with E-state index < -0.39 is 0 Å². The molecular weight excluding hydrogens is 224 g/mol. The first-order chi connectivity index (χ1) is 8.48. The van der Waals surface area contributed by atoms with Crippen molar-refractivity contribution in [3.63, 3.8) is 0 Å². The molecule has 0 radical (unpaired) electrons. The maximum Gasteiger partial charge on any atom is 0.0494 e. The van der Waals surface area contributed by atoms with Crippen LogP contribution in [0.2, 0.25) is 0 Å². The van der Waals surface area contributed by atoms with Gasteiger partial charge in [0.1, 0.15) is 0 Å². The zero-order valence-corrected chi connectivity index (χ0v) is 11.6. The van der Waals surface area contributed by atoms with Gasteiger partial charge in [0.25, 0.3) is 0 Å². The van der Waals surface area contributed by atoms with Crippen LogP contribution in [-0.2, 0) is 6.54 Å².